The predicted octanol–water partition coefficient (Wildman–Crippen LogP) is 0.624. The minimum atomic E-state index is -0.992. The van der Waals surface area contributed by atoms with Gasteiger partial charge in [-0.2, -0.15) is 5.26 Å². The zero-order valence-corrected chi connectivity index (χ0v) is 6.23. The third kappa shape index (κ3) is 1.25. The lowest BCUT2D eigenvalue weighted by atomic mass is 10.5. The van der Waals surface area contributed by atoms with Gasteiger partial charge < -0.3 is 4.98 Å². The molecule has 4 heteroatoms. The summed E-state index contributed by atoms with van der Waals surface area (Å²) < 4.78 is 10.8. The smallest absolute Gasteiger partial charge is 0.118 e. The van der Waals surface area contributed by atoms with E-state index in [-0.39, 0.29) is 0 Å². The van der Waals surface area contributed by atoms with Crippen molar-refractivity contribution in [3.63, 3.8) is 0 Å². The van der Waals surface area contributed by atoms with Crippen LogP contribution in [0.15, 0.2) is 17.2 Å². The number of H-pyrrole nitrogens is 1. The second-order valence-electron chi connectivity index (χ2n) is 1.81. The van der Waals surface area contributed by atoms with E-state index in [2.05, 4.69) is 4.98 Å². The Bertz CT molecular complexity index is 297. The first kappa shape index (κ1) is 7.03. The molecule has 0 aliphatic rings. The Hall–Kier alpha value is -1.08. The molecule has 0 bridgehead atoms. The van der Waals surface area contributed by atoms with Gasteiger partial charge in [0.15, 0.2) is 0 Å². The Balaban J connectivity index is 3.02. The zero-order valence-electron chi connectivity index (χ0n) is 5.42. The van der Waals surface area contributed by atoms with Gasteiger partial charge in [0.1, 0.15) is 11.8 Å². The predicted molar refractivity (Wildman–Crippen MR) is 37.8 cm³/mol. The molecule has 10 heavy (non-hydrogen) atoms. The normalized spacial score (nSPS) is 12.4. The van der Waals surface area contributed by atoms with Crippen LogP contribution in [-0.4, -0.2) is 15.4 Å². The molecule has 0 radical (unpaired) electrons. The molecule has 0 fully saturated rings. The van der Waals surface area contributed by atoms with Crippen molar-refractivity contribution in [1.29, 1.82) is 5.26 Å². The molecule has 0 spiro atoms. The summed E-state index contributed by atoms with van der Waals surface area (Å²) >= 11 is 0. The molecular formula is C6H6N2OS. The first-order valence-corrected chi connectivity index (χ1v) is 4.22. The molecule has 0 saturated carbocycles. The van der Waals surface area contributed by atoms with Gasteiger partial charge in [-0.15, -0.1) is 0 Å². The van der Waals surface area contributed by atoms with Crippen LogP contribution in [0.5, 0.6) is 0 Å². The third-order valence-electron chi connectivity index (χ3n) is 1.11. The van der Waals surface area contributed by atoms with Crippen LogP contribution in [0.2, 0.25) is 0 Å². The Morgan fingerprint density at radius 3 is 2.80 bits per heavy atom. The first-order chi connectivity index (χ1) is 4.74. The molecule has 0 amide bonds. The summed E-state index contributed by atoms with van der Waals surface area (Å²) in [6.07, 6.45) is 3.15. The van der Waals surface area contributed by atoms with Crippen LogP contribution in [-0.2, 0) is 10.8 Å². The van der Waals surface area contributed by atoms with E-state index < -0.39 is 10.8 Å². The van der Waals surface area contributed by atoms with Crippen LogP contribution in [0.25, 0.3) is 0 Å². The van der Waals surface area contributed by atoms with Crippen LogP contribution in [0, 0.1) is 11.3 Å². The van der Waals surface area contributed by atoms with E-state index in [0.29, 0.717) is 10.6 Å². The van der Waals surface area contributed by atoms with Gasteiger partial charge >= 0.3 is 0 Å². The summed E-state index contributed by atoms with van der Waals surface area (Å²) in [5.41, 5.74) is 0.449. The maximum atomic E-state index is 10.8. The summed E-state index contributed by atoms with van der Waals surface area (Å²) in [5.74, 6) is 0. The van der Waals surface area contributed by atoms with E-state index in [1.54, 1.807) is 18.5 Å². The van der Waals surface area contributed by atoms with Crippen molar-refractivity contribution in [3.05, 3.63) is 18.0 Å². The van der Waals surface area contributed by atoms with E-state index in [9.17, 15) is 4.21 Å². The van der Waals surface area contributed by atoms with E-state index in [4.69, 9.17) is 5.26 Å². The van der Waals surface area contributed by atoms with E-state index >= 15 is 0 Å². The number of nitriles is 1. The molecule has 1 atom stereocenters. The van der Waals surface area contributed by atoms with Gasteiger partial charge in [-0.25, -0.2) is 0 Å². The Labute approximate surface area is 61.1 Å². The molecule has 0 saturated heterocycles. The lowest BCUT2D eigenvalue weighted by Gasteiger charge is -1.82. The average molecular weight is 154 g/mol. The maximum Gasteiger partial charge on any atom is 0.118 e. The monoisotopic (exact) mass is 154 g/mol. The quantitative estimate of drug-likeness (QED) is 0.644. The van der Waals surface area contributed by atoms with Crippen LogP contribution in [0.3, 0.4) is 0 Å². The number of aromatic nitrogens is 1. The molecule has 1 aromatic rings. The maximum absolute atomic E-state index is 10.8. The van der Waals surface area contributed by atoms with Crippen LogP contribution in [0.4, 0.5) is 0 Å². The van der Waals surface area contributed by atoms with Crippen LogP contribution >= 0.6 is 0 Å². The molecule has 3 nitrogen and oxygen atoms in total. The second-order valence-corrected chi connectivity index (χ2v) is 3.19. The average Bonchev–Trinajstić information content (AvgIpc) is 2.34. The molecule has 1 heterocycles. The van der Waals surface area contributed by atoms with Crippen molar-refractivity contribution in [2.45, 2.75) is 4.90 Å². The molecule has 1 unspecified atom stereocenters. The first-order valence-electron chi connectivity index (χ1n) is 2.66. The van der Waals surface area contributed by atoms with Gasteiger partial charge in [-0.3, -0.25) is 4.21 Å². The number of hydrogen-bond acceptors (Lipinski definition) is 2. The van der Waals surface area contributed by atoms with Gasteiger partial charge in [-0.05, 0) is 6.07 Å². The minimum Gasteiger partial charge on any atom is -0.352 e. The number of nitrogens with one attached hydrogen (secondary N) is 1. The van der Waals surface area contributed by atoms with Crippen molar-refractivity contribution in [1.82, 2.24) is 4.98 Å². The summed E-state index contributed by atoms with van der Waals surface area (Å²) in [5, 5.41) is 8.35. The molecule has 1 N–H and O–H groups in total. The Kier molecular flexibility index (Phi) is 1.88. The summed E-state index contributed by atoms with van der Waals surface area (Å²) in [6.45, 7) is 0. The minimum absolute atomic E-state index is 0.449. The molecular weight excluding hydrogens is 148 g/mol. The fourth-order valence-electron chi connectivity index (χ4n) is 0.605. The highest BCUT2D eigenvalue weighted by atomic mass is 32.2. The Morgan fingerprint density at radius 2 is 2.50 bits per heavy atom. The van der Waals surface area contributed by atoms with Crippen molar-refractivity contribution in [2.75, 3.05) is 6.26 Å². The van der Waals surface area contributed by atoms with Crippen LogP contribution < -0.4 is 0 Å². The van der Waals surface area contributed by atoms with Crippen molar-refractivity contribution in [2.24, 2.45) is 0 Å². The molecule has 0 aromatic carbocycles. The van der Waals surface area contributed by atoms with Gasteiger partial charge in [0.05, 0.1) is 15.7 Å². The number of rotatable bonds is 1. The van der Waals surface area contributed by atoms with Gasteiger partial charge in [0.2, 0.25) is 0 Å². The number of aromatic amines is 1. The summed E-state index contributed by atoms with van der Waals surface area (Å²) in [4.78, 5) is 3.35. The topological polar surface area (TPSA) is 56.6 Å². The molecule has 1 aromatic heterocycles. The largest absolute Gasteiger partial charge is 0.352 e. The highest BCUT2D eigenvalue weighted by molar-refractivity contribution is 7.84. The van der Waals surface area contributed by atoms with Gasteiger partial charge in [-0.1, -0.05) is 0 Å². The summed E-state index contributed by atoms with van der Waals surface area (Å²) in [6, 6.07) is 3.49. The standard InChI is InChI=1S/C6H6N2OS/c1-10(9)6-2-5(3-7)8-4-6/h2,4,8H,1H3. The molecule has 0 aliphatic heterocycles. The van der Waals surface area contributed by atoms with Gasteiger partial charge in [0, 0.05) is 12.5 Å². The van der Waals surface area contributed by atoms with Crippen molar-refractivity contribution >= 4 is 10.8 Å². The zero-order chi connectivity index (χ0) is 7.56. The Morgan fingerprint density at radius 1 is 1.80 bits per heavy atom. The second kappa shape index (κ2) is 2.67. The van der Waals surface area contributed by atoms with E-state index in [1.165, 1.54) is 0 Å². The lowest BCUT2D eigenvalue weighted by molar-refractivity contribution is 0.687. The fraction of sp³-hybridized carbons (Fsp3) is 0.167. The molecule has 0 aliphatic carbocycles. The number of hydrogen-bond donors (Lipinski definition) is 1. The van der Waals surface area contributed by atoms with Crippen molar-refractivity contribution < 1.29 is 4.21 Å². The fourth-order valence-corrected chi connectivity index (χ4v) is 1.11. The molecule has 1 rings (SSSR count). The number of nitrogens with zero attached hydrogens (tertiary/aromatic N) is 1. The van der Waals surface area contributed by atoms with E-state index in [1.807, 2.05) is 6.07 Å². The van der Waals surface area contributed by atoms with E-state index in [0.717, 1.165) is 0 Å². The third-order valence-corrected chi connectivity index (χ3v) is 2.01. The molecule has 52 valence electrons. The van der Waals surface area contributed by atoms with Crippen LogP contribution in [0.1, 0.15) is 5.69 Å². The van der Waals surface area contributed by atoms with Crippen molar-refractivity contribution in [3.8, 4) is 6.07 Å². The highest BCUT2D eigenvalue weighted by Crippen LogP contribution is 2.05. The lowest BCUT2D eigenvalue weighted by Crippen LogP contribution is -1.80. The highest BCUT2D eigenvalue weighted by Gasteiger charge is 1.99. The SMILES string of the molecule is CS(=O)c1c[nH]c(C#N)c1. The van der Waals surface area contributed by atoms with Gasteiger partial charge in [0.25, 0.3) is 0 Å². The summed E-state index contributed by atoms with van der Waals surface area (Å²) in [7, 11) is -0.992.